The van der Waals surface area contributed by atoms with Gasteiger partial charge in [0.1, 0.15) is 5.75 Å². The Bertz CT molecular complexity index is 1300. The second-order valence-electron chi connectivity index (χ2n) is 7.99. The first-order valence-corrected chi connectivity index (χ1v) is 10.4. The summed E-state index contributed by atoms with van der Waals surface area (Å²) in [5.41, 5.74) is 1.81. The van der Waals surface area contributed by atoms with Crippen molar-refractivity contribution in [3.63, 3.8) is 0 Å². The Morgan fingerprint density at radius 3 is 2.35 bits per heavy atom. The van der Waals surface area contributed by atoms with Gasteiger partial charge in [0.05, 0.1) is 19.1 Å². The van der Waals surface area contributed by atoms with Gasteiger partial charge in [-0.15, -0.1) is 0 Å². The zero-order chi connectivity index (χ0) is 22.0. The molecular weight excluding hydrogens is 392 g/mol. The van der Waals surface area contributed by atoms with Gasteiger partial charge < -0.3 is 9.30 Å². The summed E-state index contributed by atoms with van der Waals surface area (Å²) < 4.78 is 9.90. The molecule has 0 aliphatic carbocycles. The lowest BCUT2D eigenvalue weighted by Gasteiger charge is -2.13. The van der Waals surface area contributed by atoms with Gasteiger partial charge in [-0.2, -0.15) is 0 Å². The van der Waals surface area contributed by atoms with Crippen molar-refractivity contribution < 1.29 is 4.74 Å². The van der Waals surface area contributed by atoms with E-state index in [1.165, 1.54) is 9.13 Å². The van der Waals surface area contributed by atoms with Crippen molar-refractivity contribution in [1.82, 2.24) is 18.7 Å². The van der Waals surface area contributed by atoms with E-state index in [1.54, 1.807) is 13.4 Å². The van der Waals surface area contributed by atoms with Gasteiger partial charge in [0.15, 0.2) is 11.2 Å². The largest absolute Gasteiger partial charge is 0.497 e. The summed E-state index contributed by atoms with van der Waals surface area (Å²) in [6, 6.07) is 17.0. The van der Waals surface area contributed by atoms with E-state index in [1.807, 2.05) is 59.2 Å². The first-order chi connectivity index (χ1) is 15.0. The minimum Gasteiger partial charge on any atom is -0.497 e. The highest BCUT2D eigenvalue weighted by molar-refractivity contribution is 5.72. The molecule has 0 fully saturated rings. The molecule has 0 atom stereocenters. The van der Waals surface area contributed by atoms with Gasteiger partial charge in [-0.25, -0.2) is 14.3 Å². The summed E-state index contributed by atoms with van der Waals surface area (Å²) in [4.78, 5) is 31.2. The molecule has 4 aromatic rings. The summed E-state index contributed by atoms with van der Waals surface area (Å²) in [7, 11) is 1.63. The van der Waals surface area contributed by atoms with Crippen LogP contribution in [0.2, 0.25) is 0 Å². The minimum absolute atomic E-state index is 0.307. The predicted molar refractivity (Wildman–Crippen MR) is 121 cm³/mol. The van der Waals surface area contributed by atoms with Crippen molar-refractivity contribution >= 4 is 11.2 Å². The van der Waals surface area contributed by atoms with Crippen molar-refractivity contribution in [2.75, 3.05) is 7.11 Å². The molecule has 160 valence electrons. The number of methoxy groups -OCH3 is 1. The zero-order valence-electron chi connectivity index (χ0n) is 18.0. The highest BCUT2D eigenvalue weighted by Crippen LogP contribution is 2.17. The van der Waals surface area contributed by atoms with Crippen LogP contribution in [-0.2, 0) is 13.1 Å². The molecule has 0 amide bonds. The number of ether oxygens (including phenoxy) is 1. The van der Waals surface area contributed by atoms with Crippen molar-refractivity contribution in [2.24, 2.45) is 5.92 Å². The number of para-hydroxylation sites is 1. The third kappa shape index (κ3) is 4.03. The molecule has 0 spiro atoms. The molecule has 2 heterocycles. The molecule has 0 saturated carbocycles. The van der Waals surface area contributed by atoms with Gasteiger partial charge in [-0.1, -0.05) is 44.2 Å². The van der Waals surface area contributed by atoms with E-state index in [0.717, 1.165) is 17.7 Å². The van der Waals surface area contributed by atoms with E-state index < -0.39 is 0 Å². The van der Waals surface area contributed by atoms with E-state index in [0.29, 0.717) is 35.9 Å². The van der Waals surface area contributed by atoms with E-state index >= 15 is 0 Å². The van der Waals surface area contributed by atoms with Crippen LogP contribution in [0.25, 0.3) is 16.9 Å². The number of benzene rings is 2. The number of imidazole rings is 1. The number of fused-ring (bicyclic) bond motifs is 1. The Kier molecular flexibility index (Phi) is 5.75. The first-order valence-electron chi connectivity index (χ1n) is 10.4. The van der Waals surface area contributed by atoms with E-state index in [-0.39, 0.29) is 11.2 Å². The summed E-state index contributed by atoms with van der Waals surface area (Å²) >= 11 is 0. The summed E-state index contributed by atoms with van der Waals surface area (Å²) in [5.74, 6) is 1.14. The average Bonchev–Trinajstić information content (AvgIpc) is 3.18. The number of hydrogen-bond acceptors (Lipinski definition) is 4. The molecule has 31 heavy (non-hydrogen) atoms. The van der Waals surface area contributed by atoms with Crippen molar-refractivity contribution in [3.05, 3.63) is 87.3 Å². The fourth-order valence-corrected chi connectivity index (χ4v) is 3.62. The Morgan fingerprint density at radius 1 is 1.00 bits per heavy atom. The zero-order valence-corrected chi connectivity index (χ0v) is 18.0. The SMILES string of the molecule is COc1ccc(Cn2cnc3c2c(=O)n(CCC(C)C)c(=O)n3-c2ccccc2)cc1. The monoisotopic (exact) mass is 418 g/mol. The quantitative estimate of drug-likeness (QED) is 0.461. The number of aromatic nitrogens is 4. The molecule has 7 heteroatoms. The van der Waals surface area contributed by atoms with E-state index in [2.05, 4.69) is 18.8 Å². The Labute approximate surface area is 180 Å². The van der Waals surface area contributed by atoms with Crippen LogP contribution in [0.5, 0.6) is 5.75 Å². The predicted octanol–water partition coefficient (Wildman–Crippen LogP) is 3.45. The summed E-state index contributed by atoms with van der Waals surface area (Å²) in [5, 5.41) is 0. The van der Waals surface area contributed by atoms with Crippen molar-refractivity contribution in [2.45, 2.75) is 33.4 Å². The van der Waals surface area contributed by atoms with Gasteiger partial charge in [0, 0.05) is 13.1 Å². The molecule has 2 aromatic carbocycles. The molecule has 4 rings (SSSR count). The highest BCUT2D eigenvalue weighted by atomic mass is 16.5. The van der Waals surface area contributed by atoms with Crippen LogP contribution in [0, 0.1) is 5.92 Å². The Morgan fingerprint density at radius 2 is 1.71 bits per heavy atom. The maximum atomic E-state index is 13.4. The first kappa shape index (κ1) is 20.7. The molecular formula is C24H26N4O3. The molecule has 7 nitrogen and oxygen atoms in total. The molecule has 0 aliphatic rings. The van der Waals surface area contributed by atoms with Crippen LogP contribution in [-0.4, -0.2) is 25.8 Å². The number of hydrogen-bond donors (Lipinski definition) is 0. The fraction of sp³-hybridized carbons (Fsp3) is 0.292. The Hall–Kier alpha value is -3.61. The maximum Gasteiger partial charge on any atom is 0.337 e. The molecule has 0 aliphatic heterocycles. The lowest BCUT2D eigenvalue weighted by atomic mass is 10.1. The molecule has 0 radical (unpaired) electrons. The smallest absolute Gasteiger partial charge is 0.337 e. The molecule has 2 aromatic heterocycles. The van der Waals surface area contributed by atoms with Gasteiger partial charge in [0.2, 0.25) is 0 Å². The normalized spacial score (nSPS) is 11.4. The molecule has 0 N–H and O–H groups in total. The average molecular weight is 418 g/mol. The maximum absolute atomic E-state index is 13.4. The van der Waals surface area contributed by atoms with Crippen LogP contribution in [0.4, 0.5) is 0 Å². The van der Waals surface area contributed by atoms with E-state index in [9.17, 15) is 9.59 Å². The summed E-state index contributed by atoms with van der Waals surface area (Å²) in [6.45, 7) is 4.99. The van der Waals surface area contributed by atoms with Crippen LogP contribution in [0.15, 0.2) is 70.5 Å². The van der Waals surface area contributed by atoms with Crippen LogP contribution < -0.4 is 16.0 Å². The fourth-order valence-electron chi connectivity index (χ4n) is 3.62. The van der Waals surface area contributed by atoms with Gasteiger partial charge in [-0.05, 0) is 42.2 Å². The molecule has 0 unspecified atom stereocenters. The highest BCUT2D eigenvalue weighted by Gasteiger charge is 2.19. The molecule has 0 bridgehead atoms. The standard InChI is InChI=1S/C24H26N4O3/c1-17(2)13-14-27-23(29)21-22(28(24(27)30)19-7-5-4-6-8-19)25-16-26(21)15-18-9-11-20(31-3)12-10-18/h4-12,16-17H,13-15H2,1-3H3. The second kappa shape index (κ2) is 8.63. The van der Waals surface area contributed by atoms with Crippen LogP contribution in [0.1, 0.15) is 25.8 Å². The van der Waals surface area contributed by atoms with Crippen LogP contribution >= 0.6 is 0 Å². The molecule has 0 saturated heterocycles. The van der Waals surface area contributed by atoms with Crippen molar-refractivity contribution in [3.8, 4) is 11.4 Å². The lowest BCUT2D eigenvalue weighted by Crippen LogP contribution is -2.40. The van der Waals surface area contributed by atoms with Gasteiger partial charge in [-0.3, -0.25) is 9.36 Å². The van der Waals surface area contributed by atoms with E-state index in [4.69, 9.17) is 4.74 Å². The Balaban J connectivity index is 1.90. The topological polar surface area (TPSA) is 71.1 Å². The number of nitrogens with zero attached hydrogens (tertiary/aromatic N) is 4. The minimum atomic E-state index is -0.362. The summed E-state index contributed by atoms with van der Waals surface area (Å²) in [6.07, 6.45) is 2.37. The van der Waals surface area contributed by atoms with Crippen molar-refractivity contribution in [1.29, 1.82) is 0 Å². The number of rotatable bonds is 7. The third-order valence-corrected chi connectivity index (χ3v) is 5.36. The van der Waals surface area contributed by atoms with Crippen LogP contribution in [0.3, 0.4) is 0 Å². The lowest BCUT2D eigenvalue weighted by molar-refractivity contribution is 0.414. The second-order valence-corrected chi connectivity index (χ2v) is 7.99. The third-order valence-electron chi connectivity index (χ3n) is 5.36. The van der Waals surface area contributed by atoms with Gasteiger partial charge >= 0.3 is 5.69 Å². The van der Waals surface area contributed by atoms with Gasteiger partial charge in [0.25, 0.3) is 5.56 Å².